The Bertz CT molecular complexity index is 394. The summed E-state index contributed by atoms with van der Waals surface area (Å²) in [5, 5.41) is 0. The Balaban J connectivity index is 3.17. The highest BCUT2D eigenvalue weighted by Gasteiger charge is 2.23. The molecule has 0 aliphatic rings. The molecule has 4 heteroatoms. The highest BCUT2D eigenvalue weighted by Crippen LogP contribution is 2.27. The summed E-state index contributed by atoms with van der Waals surface area (Å²) in [6.45, 7) is 9.52. The molecule has 0 aromatic carbocycles. The summed E-state index contributed by atoms with van der Waals surface area (Å²) in [6, 6.07) is 0.331. The number of methoxy groups -OCH3 is 1. The maximum atomic E-state index is 5.40. The van der Waals surface area contributed by atoms with Gasteiger partial charge in [-0.05, 0) is 18.6 Å². The predicted molar refractivity (Wildman–Crippen MR) is 74.1 cm³/mol. The summed E-state index contributed by atoms with van der Waals surface area (Å²) in [5.74, 6) is 0. The van der Waals surface area contributed by atoms with Crippen molar-refractivity contribution in [2.45, 2.75) is 52.0 Å². The molecule has 0 saturated carbocycles. The third-order valence-electron chi connectivity index (χ3n) is 2.93. The van der Waals surface area contributed by atoms with Gasteiger partial charge < -0.3 is 14.3 Å². The molecule has 1 aromatic heterocycles. The molecule has 0 amide bonds. The smallest absolute Gasteiger partial charge is 0.177 e. The van der Waals surface area contributed by atoms with Crippen molar-refractivity contribution < 1.29 is 4.74 Å². The molecule has 0 aliphatic heterocycles. The van der Waals surface area contributed by atoms with E-state index in [2.05, 4.69) is 37.2 Å². The Kier molecular flexibility index (Phi) is 4.95. The highest BCUT2D eigenvalue weighted by atomic mass is 32.1. The quantitative estimate of drug-likeness (QED) is 0.811. The Morgan fingerprint density at radius 3 is 2.59 bits per heavy atom. The Morgan fingerprint density at radius 1 is 1.47 bits per heavy atom. The number of nitrogens with zero attached hydrogens (tertiary/aromatic N) is 1. The van der Waals surface area contributed by atoms with Crippen molar-refractivity contribution in [3.05, 3.63) is 16.7 Å². The van der Waals surface area contributed by atoms with Crippen LogP contribution in [-0.2, 0) is 10.2 Å². The maximum absolute atomic E-state index is 5.40. The average Bonchev–Trinajstić information content (AvgIpc) is 2.59. The lowest BCUT2D eigenvalue weighted by molar-refractivity contribution is 0.147. The van der Waals surface area contributed by atoms with Crippen molar-refractivity contribution in [3.63, 3.8) is 0 Å². The third-order valence-corrected chi connectivity index (χ3v) is 3.24. The second kappa shape index (κ2) is 5.83. The topological polar surface area (TPSA) is 29.9 Å². The molecule has 3 nitrogen and oxygen atoms in total. The fourth-order valence-electron chi connectivity index (χ4n) is 2.13. The Hall–Kier alpha value is -0.610. The first-order valence-corrected chi connectivity index (χ1v) is 6.62. The zero-order valence-corrected chi connectivity index (χ0v) is 12.4. The van der Waals surface area contributed by atoms with E-state index in [1.54, 1.807) is 7.11 Å². The molecule has 0 saturated heterocycles. The molecule has 17 heavy (non-hydrogen) atoms. The Labute approximate surface area is 109 Å². The van der Waals surface area contributed by atoms with E-state index in [1.807, 2.05) is 6.20 Å². The van der Waals surface area contributed by atoms with Crippen LogP contribution in [-0.4, -0.2) is 23.3 Å². The standard InChI is InChI=1S/C13H24N2OS/c1-6-7-10(9-16-5)15-11(13(2,3)4)8-14-12(15)17/h8,10H,6-7,9H2,1-5H3,(H,14,17). The fraction of sp³-hybridized carbons (Fsp3) is 0.769. The van der Waals surface area contributed by atoms with Gasteiger partial charge in [0, 0.05) is 24.4 Å². The predicted octanol–water partition coefficient (Wildman–Crippen LogP) is 3.83. The molecular weight excluding hydrogens is 232 g/mol. The molecule has 0 bridgehead atoms. The highest BCUT2D eigenvalue weighted by molar-refractivity contribution is 7.71. The van der Waals surface area contributed by atoms with Crippen LogP contribution in [0, 0.1) is 4.77 Å². The molecule has 0 fully saturated rings. The van der Waals surface area contributed by atoms with Gasteiger partial charge in [-0.25, -0.2) is 0 Å². The zero-order valence-electron chi connectivity index (χ0n) is 11.5. The number of hydrogen-bond acceptors (Lipinski definition) is 2. The number of rotatable bonds is 5. The van der Waals surface area contributed by atoms with Gasteiger partial charge in [-0.15, -0.1) is 0 Å². The maximum Gasteiger partial charge on any atom is 0.177 e. The molecule has 0 aliphatic carbocycles. The lowest BCUT2D eigenvalue weighted by Crippen LogP contribution is -2.23. The molecule has 98 valence electrons. The van der Waals surface area contributed by atoms with Crippen LogP contribution < -0.4 is 0 Å². The summed E-state index contributed by atoms with van der Waals surface area (Å²) < 4.78 is 8.34. The van der Waals surface area contributed by atoms with Crippen LogP contribution in [0.3, 0.4) is 0 Å². The van der Waals surface area contributed by atoms with E-state index in [1.165, 1.54) is 5.69 Å². The van der Waals surface area contributed by atoms with E-state index in [0.29, 0.717) is 12.6 Å². The fourth-order valence-corrected chi connectivity index (χ4v) is 2.44. The van der Waals surface area contributed by atoms with E-state index < -0.39 is 0 Å². The minimum atomic E-state index is 0.0906. The molecule has 1 unspecified atom stereocenters. The van der Waals surface area contributed by atoms with Crippen LogP contribution in [0.15, 0.2) is 6.20 Å². The number of aromatic amines is 1. The van der Waals surface area contributed by atoms with Crippen LogP contribution in [0.2, 0.25) is 0 Å². The molecule has 0 spiro atoms. The summed E-state index contributed by atoms with van der Waals surface area (Å²) in [7, 11) is 1.75. The third kappa shape index (κ3) is 3.42. The lowest BCUT2D eigenvalue weighted by Gasteiger charge is -2.26. The lowest BCUT2D eigenvalue weighted by atomic mass is 9.92. The summed E-state index contributed by atoms with van der Waals surface area (Å²) in [4.78, 5) is 3.16. The van der Waals surface area contributed by atoms with Crippen molar-refractivity contribution in [2.24, 2.45) is 0 Å². The van der Waals surface area contributed by atoms with E-state index in [0.717, 1.165) is 17.6 Å². The van der Waals surface area contributed by atoms with Gasteiger partial charge in [0.15, 0.2) is 4.77 Å². The van der Waals surface area contributed by atoms with E-state index in [9.17, 15) is 0 Å². The molecular formula is C13H24N2OS. The van der Waals surface area contributed by atoms with Gasteiger partial charge in [0.25, 0.3) is 0 Å². The van der Waals surface area contributed by atoms with Crippen molar-refractivity contribution in [1.82, 2.24) is 9.55 Å². The Morgan fingerprint density at radius 2 is 2.12 bits per heavy atom. The van der Waals surface area contributed by atoms with E-state index in [-0.39, 0.29) is 5.41 Å². The number of aromatic nitrogens is 2. The van der Waals surface area contributed by atoms with Crippen LogP contribution in [0.1, 0.15) is 52.3 Å². The number of imidazole rings is 1. The number of ether oxygens (including phenoxy) is 1. The molecule has 1 heterocycles. The minimum absolute atomic E-state index is 0.0906. The molecule has 1 rings (SSSR count). The molecule has 1 aromatic rings. The van der Waals surface area contributed by atoms with Crippen LogP contribution in [0.5, 0.6) is 0 Å². The first-order valence-electron chi connectivity index (χ1n) is 6.21. The number of H-pyrrole nitrogens is 1. The molecule has 0 radical (unpaired) electrons. The summed E-state index contributed by atoms with van der Waals surface area (Å²) in [6.07, 6.45) is 4.24. The summed E-state index contributed by atoms with van der Waals surface area (Å²) >= 11 is 5.40. The minimum Gasteiger partial charge on any atom is -0.383 e. The second-order valence-corrected chi connectivity index (χ2v) is 5.88. The second-order valence-electron chi connectivity index (χ2n) is 5.50. The first kappa shape index (κ1) is 14.5. The van der Waals surface area contributed by atoms with E-state index in [4.69, 9.17) is 17.0 Å². The van der Waals surface area contributed by atoms with Gasteiger partial charge in [-0.2, -0.15) is 0 Å². The van der Waals surface area contributed by atoms with Crippen molar-refractivity contribution >= 4 is 12.2 Å². The van der Waals surface area contributed by atoms with Gasteiger partial charge >= 0.3 is 0 Å². The SMILES string of the molecule is CCCC(COC)n1c(C(C)(C)C)c[nH]c1=S. The van der Waals surface area contributed by atoms with Crippen LogP contribution in [0.25, 0.3) is 0 Å². The van der Waals surface area contributed by atoms with Gasteiger partial charge in [0.1, 0.15) is 0 Å². The first-order chi connectivity index (χ1) is 7.91. The zero-order chi connectivity index (χ0) is 13.1. The number of hydrogen-bond donors (Lipinski definition) is 1. The average molecular weight is 256 g/mol. The van der Waals surface area contributed by atoms with Crippen molar-refractivity contribution in [3.8, 4) is 0 Å². The van der Waals surface area contributed by atoms with Gasteiger partial charge in [0.05, 0.1) is 12.6 Å². The normalized spacial score (nSPS) is 13.9. The van der Waals surface area contributed by atoms with Gasteiger partial charge in [-0.1, -0.05) is 34.1 Å². The number of nitrogens with one attached hydrogen (secondary N) is 1. The van der Waals surface area contributed by atoms with Gasteiger partial charge in [0.2, 0.25) is 0 Å². The molecule has 1 N–H and O–H groups in total. The van der Waals surface area contributed by atoms with Crippen molar-refractivity contribution in [2.75, 3.05) is 13.7 Å². The monoisotopic (exact) mass is 256 g/mol. The largest absolute Gasteiger partial charge is 0.383 e. The molecule has 1 atom stereocenters. The van der Waals surface area contributed by atoms with Gasteiger partial charge in [-0.3, -0.25) is 0 Å². The van der Waals surface area contributed by atoms with Crippen molar-refractivity contribution in [1.29, 1.82) is 0 Å². The van der Waals surface area contributed by atoms with Crippen LogP contribution in [0.4, 0.5) is 0 Å². The van der Waals surface area contributed by atoms with Crippen LogP contribution >= 0.6 is 12.2 Å². The van der Waals surface area contributed by atoms with E-state index >= 15 is 0 Å². The summed E-state index contributed by atoms with van der Waals surface area (Å²) in [5.41, 5.74) is 1.34.